The van der Waals surface area contributed by atoms with Crippen LogP contribution in [-0.2, 0) is 6.54 Å². The van der Waals surface area contributed by atoms with E-state index < -0.39 is 0 Å². The molecule has 4 nitrogen and oxygen atoms in total. The number of carbonyl (C=O) groups is 1. The van der Waals surface area contributed by atoms with Gasteiger partial charge in [0.2, 0.25) is 0 Å². The number of hydrogen-bond donors (Lipinski definition) is 1. The predicted molar refractivity (Wildman–Crippen MR) is 110 cm³/mol. The second-order valence-corrected chi connectivity index (χ2v) is 7.55. The molecule has 0 saturated carbocycles. The number of ketones is 1. The Labute approximate surface area is 165 Å². The van der Waals surface area contributed by atoms with Gasteiger partial charge in [0, 0.05) is 54.4 Å². The number of para-hydroxylation sites is 1. The maximum atomic E-state index is 14.0. The minimum atomic E-state index is -0.174. The van der Waals surface area contributed by atoms with Crippen LogP contribution in [0.2, 0.25) is 0 Å². The molecule has 1 N–H and O–H groups in total. The predicted octanol–water partition coefficient (Wildman–Crippen LogP) is 4.09. The molecule has 0 spiro atoms. The van der Waals surface area contributed by atoms with Crippen molar-refractivity contribution in [2.24, 2.45) is 0 Å². The van der Waals surface area contributed by atoms with Crippen LogP contribution in [0.25, 0.3) is 10.9 Å². The van der Waals surface area contributed by atoms with Crippen molar-refractivity contribution in [1.29, 1.82) is 0 Å². The molecule has 1 atom stereocenters. The molecule has 28 heavy (non-hydrogen) atoms. The molecule has 0 radical (unpaired) electrons. The molecule has 1 saturated heterocycles. The first-order chi connectivity index (χ1) is 13.6. The third kappa shape index (κ3) is 3.86. The van der Waals surface area contributed by atoms with Crippen LogP contribution in [0.4, 0.5) is 4.39 Å². The number of rotatable bonds is 5. The van der Waals surface area contributed by atoms with Crippen LogP contribution in [0, 0.1) is 5.82 Å². The molecular weight excluding hydrogens is 353 g/mol. The maximum Gasteiger partial charge on any atom is 0.181 e. The summed E-state index contributed by atoms with van der Waals surface area (Å²) in [7, 11) is 0. The zero-order chi connectivity index (χ0) is 19.5. The summed E-state index contributed by atoms with van der Waals surface area (Å²) in [5.41, 5.74) is 2.49. The van der Waals surface area contributed by atoms with E-state index in [2.05, 4.69) is 14.8 Å². The van der Waals surface area contributed by atoms with E-state index in [0.717, 1.165) is 54.6 Å². The summed E-state index contributed by atoms with van der Waals surface area (Å²) in [6.07, 6.45) is 2.80. The number of benzene rings is 2. The van der Waals surface area contributed by atoms with Gasteiger partial charge in [-0.15, -0.1) is 0 Å². The number of carbonyl (C=O) groups excluding carboxylic acids is 1. The molecule has 1 aliphatic rings. The summed E-state index contributed by atoms with van der Waals surface area (Å²) in [6, 6.07) is 14.7. The number of fused-ring (bicyclic) bond motifs is 1. The summed E-state index contributed by atoms with van der Waals surface area (Å²) in [5, 5.41) is 0.982. The van der Waals surface area contributed by atoms with E-state index in [1.165, 1.54) is 6.07 Å². The van der Waals surface area contributed by atoms with Crippen molar-refractivity contribution in [3.63, 3.8) is 0 Å². The fourth-order valence-electron chi connectivity index (χ4n) is 4.07. The highest BCUT2D eigenvalue weighted by Gasteiger charge is 2.26. The fourth-order valence-corrected chi connectivity index (χ4v) is 4.07. The van der Waals surface area contributed by atoms with Gasteiger partial charge in [-0.1, -0.05) is 36.4 Å². The molecular formula is C23H26FN3O. The number of aromatic amines is 1. The smallest absolute Gasteiger partial charge is 0.181 e. The molecule has 1 aliphatic heterocycles. The van der Waals surface area contributed by atoms with Crippen molar-refractivity contribution in [2.75, 3.05) is 26.2 Å². The van der Waals surface area contributed by atoms with Crippen LogP contribution in [0.3, 0.4) is 0 Å². The van der Waals surface area contributed by atoms with Gasteiger partial charge in [-0.3, -0.25) is 14.6 Å². The number of Topliss-reactive ketones (excluding diaryl/α,β-unsaturated/α-hetero) is 1. The first-order valence-electron chi connectivity index (χ1n) is 9.93. The highest BCUT2D eigenvalue weighted by molar-refractivity contribution is 6.10. The molecule has 2 heterocycles. The van der Waals surface area contributed by atoms with Gasteiger partial charge >= 0.3 is 0 Å². The first kappa shape index (κ1) is 18.8. The van der Waals surface area contributed by atoms with E-state index in [-0.39, 0.29) is 17.6 Å². The molecule has 146 valence electrons. The Balaban J connectivity index is 1.42. The lowest BCUT2D eigenvalue weighted by Gasteiger charge is -2.26. The van der Waals surface area contributed by atoms with Gasteiger partial charge in [-0.05, 0) is 32.0 Å². The molecule has 3 aromatic rings. The van der Waals surface area contributed by atoms with E-state index in [1.54, 1.807) is 6.07 Å². The summed E-state index contributed by atoms with van der Waals surface area (Å²) < 4.78 is 14.0. The first-order valence-corrected chi connectivity index (χ1v) is 9.93. The van der Waals surface area contributed by atoms with Crippen LogP contribution in [-0.4, -0.2) is 52.8 Å². The van der Waals surface area contributed by atoms with Crippen molar-refractivity contribution in [3.05, 3.63) is 71.7 Å². The minimum absolute atomic E-state index is 0.147. The van der Waals surface area contributed by atoms with Gasteiger partial charge in [-0.25, -0.2) is 4.39 Å². The molecule has 5 heteroatoms. The number of H-pyrrole nitrogens is 1. The van der Waals surface area contributed by atoms with Crippen molar-refractivity contribution >= 4 is 16.7 Å². The van der Waals surface area contributed by atoms with Crippen molar-refractivity contribution in [2.45, 2.75) is 25.9 Å². The van der Waals surface area contributed by atoms with Crippen LogP contribution in [0.5, 0.6) is 0 Å². The summed E-state index contributed by atoms with van der Waals surface area (Å²) in [5.74, 6) is 0.00601. The molecule has 2 aromatic carbocycles. The van der Waals surface area contributed by atoms with Crippen molar-refractivity contribution in [3.8, 4) is 0 Å². The lowest BCUT2D eigenvalue weighted by Crippen LogP contribution is -2.41. The fraction of sp³-hybridized carbons (Fsp3) is 0.348. The van der Waals surface area contributed by atoms with Gasteiger partial charge in [-0.2, -0.15) is 0 Å². The highest BCUT2D eigenvalue weighted by atomic mass is 19.1. The number of aromatic nitrogens is 1. The molecule has 0 bridgehead atoms. The number of nitrogens with zero attached hydrogens (tertiary/aromatic N) is 2. The Morgan fingerprint density at radius 1 is 1.07 bits per heavy atom. The van der Waals surface area contributed by atoms with E-state index >= 15 is 0 Å². The summed E-state index contributed by atoms with van der Waals surface area (Å²) >= 11 is 0. The minimum Gasteiger partial charge on any atom is -0.360 e. The normalized spacial score (nSPS) is 17.5. The second-order valence-electron chi connectivity index (χ2n) is 7.55. The van der Waals surface area contributed by atoms with Gasteiger partial charge in [0.25, 0.3) is 0 Å². The average molecular weight is 379 g/mol. The zero-order valence-electron chi connectivity index (χ0n) is 16.2. The Bertz CT molecular complexity index is 967. The molecule has 1 fully saturated rings. The Morgan fingerprint density at radius 3 is 2.71 bits per heavy atom. The van der Waals surface area contributed by atoms with Gasteiger partial charge < -0.3 is 4.98 Å². The van der Waals surface area contributed by atoms with Crippen molar-refractivity contribution < 1.29 is 9.18 Å². The van der Waals surface area contributed by atoms with Crippen molar-refractivity contribution in [1.82, 2.24) is 14.8 Å². The third-order valence-corrected chi connectivity index (χ3v) is 5.76. The average Bonchev–Trinajstić information content (AvgIpc) is 3.01. The Kier molecular flexibility index (Phi) is 5.55. The summed E-state index contributed by atoms with van der Waals surface area (Å²) in [6.45, 7) is 6.05. The van der Waals surface area contributed by atoms with Crippen LogP contribution in [0.1, 0.15) is 29.3 Å². The number of hydrogen-bond acceptors (Lipinski definition) is 3. The number of nitrogens with one attached hydrogen (secondary N) is 1. The topological polar surface area (TPSA) is 39.3 Å². The largest absolute Gasteiger partial charge is 0.360 e. The maximum absolute atomic E-state index is 14.0. The Morgan fingerprint density at radius 2 is 1.86 bits per heavy atom. The number of halogens is 1. The monoisotopic (exact) mass is 379 g/mol. The standard InChI is InChI=1S/C23H26FN3O/c1-17(23(28)20-15-25-22-10-5-3-8-19(20)22)27-12-6-11-26(13-14-27)16-18-7-2-4-9-21(18)24/h2-5,7-10,15,17,25H,6,11-14,16H2,1H3. The van der Waals surface area contributed by atoms with E-state index in [1.807, 2.05) is 49.5 Å². The molecule has 4 rings (SSSR count). The molecule has 0 aliphatic carbocycles. The second kappa shape index (κ2) is 8.25. The van der Waals surface area contributed by atoms with Crippen LogP contribution < -0.4 is 0 Å². The van der Waals surface area contributed by atoms with Crippen LogP contribution >= 0.6 is 0 Å². The van der Waals surface area contributed by atoms with Gasteiger partial charge in [0.1, 0.15) is 5.82 Å². The third-order valence-electron chi connectivity index (χ3n) is 5.76. The van der Waals surface area contributed by atoms with E-state index in [9.17, 15) is 9.18 Å². The molecule has 0 amide bonds. The lowest BCUT2D eigenvalue weighted by atomic mass is 10.0. The molecule has 1 unspecified atom stereocenters. The highest BCUT2D eigenvalue weighted by Crippen LogP contribution is 2.21. The van der Waals surface area contributed by atoms with Gasteiger partial charge in [0.15, 0.2) is 5.78 Å². The quantitative estimate of drug-likeness (QED) is 0.679. The zero-order valence-corrected chi connectivity index (χ0v) is 16.2. The Hall–Kier alpha value is -2.50. The lowest BCUT2D eigenvalue weighted by molar-refractivity contribution is 0.0844. The SMILES string of the molecule is CC(C(=O)c1c[nH]c2ccccc12)N1CCCN(Cc2ccccc2F)CC1. The van der Waals surface area contributed by atoms with Crippen LogP contribution in [0.15, 0.2) is 54.7 Å². The molecule has 1 aromatic heterocycles. The van der Waals surface area contributed by atoms with Gasteiger partial charge in [0.05, 0.1) is 6.04 Å². The summed E-state index contributed by atoms with van der Waals surface area (Å²) in [4.78, 5) is 20.9. The van der Waals surface area contributed by atoms with E-state index in [4.69, 9.17) is 0 Å². The van der Waals surface area contributed by atoms with E-state index in [0.29, 0.717) is 6.54 Å².